The molecule has 0 spiro atoms. The molecule has 1 saturated carbocycles. The number of hydrogen-bond acceptors (Lipinski definition) is 7. The lowest BCUT2D eigenvalue weighted by Gasteiger charge is -2.40. The van der Waals surface area contributed by atoms with Crippen LogP contribution in [0.5, 0.6) is 0 Å². The van der Waals surface area contributed by atoms with Gasteiger partial charge in [-0.15, -0.1) is 6.42 Å². The molecule has 1 aliphatic heterocycles. The van der Waals surface area contributed by atoms with Gasteiger partial charge in [0, 0.05) is 44.3 Å². The van der Waals surface area contributed by atoms with E-state index in [1.165, 1.54) is 37.7 Å². The first kappa shape index (κ1) is 35.9. The van der Waals surface area contributed by atoms with Crippen LogP contribution in [0.15, 0.2) is 64.2 Å². The summed E-state index contributed by atoms with van der Waals surface area (Å²) in [4.78, 5) is 28.5. The summed E-state index contributed by atoms with van der Waals surface area (Å²) in [7, 11) is 0. The van der Waals surface area contributed by atoms with Gasteiger partial charge in [0.2, 0.25) is 0 Å². The van der Waals surface area contributed by atoms with Crippen LogP contribution in [-0.2, 0) is 11.3 Å². The van der Waals surface area contributed by atoms with Crippen molar-refractivity contribution < 1.29 is 9.84 Å². The molecule has 4 atom stereocenters. The predicted octanol–water partition coefficient (Wildman–Crippen LogP) is 6.72. The highest BCUT2D eigenvalue weighted by Crippen LogP contribution is 2.36. The summed E-state index contributed by atoms with van der Waals surface area (Å²) in [6.07, 6.45) is 17.9. The highest BCUT2D eigenvalue weighted by atomic mass is 16.5. The monoisotopic (exact) mass is 653 g/mol. The number of aliphatic hydroxyl groups is 1. The van der Waals surface area contributed by atoms with Crippen molar-refractivity contribution in [3.8, 4) is 12.3 Å². The molecule has 0 bridgehead atoms. The largest absolute Gasteiger partial charge is 0.390 e. The van der Waals surface area contributed by atoms with Gasteiger partial charge in [-0.25, -0.2) is 0 Å². The van der Waals surface area contributed by atoms with Gasteiger partial charge in [0.1, 0.15) is 11.4 Å². The predicted molar refractivity (Wildman–Crippen MR) is 196 cm³/mol. The van der Waals surface area contributed by atoms with Gasteiger partial charge in [0.05, 0.1) is 18.2 Å². The molecule has 3 N–H and O–H groups in total. The maximum absolute atomic E-state index is 13.2. The number of nitrogens with one attached hydrogen (secondary N) is 2. The summed E-state index contributed by atoms with van der Waals surface area (Å²) in [6.45, 7) is 5.28. The Kier molecular flexibility index (Phi) is 13.7. The van der Waals surface area contributed by atoms with Crippen LogP contribution in [0.25, 0.3) is 0 Å². The molecule has 1 heterocycles. The zero-order valence-electron chi connectivity index (χ0n) is 28.8. The number of rotatable bonds is 18. The molecule has 0 amide bonds. The molecular formula is C41H55N3O4. The van der Waals surface area contributed by atoms with E-state index < -0.39 is 17.0 Å². The van der Waals surface area contributed by atoms with Crippen molar-refractivity contribution in [2.24, 2.45) is 11.8 Å². The standard InChI is InChI=1S/C41H55N3O4/c1-3-5-6-13-25-48-41(33-17-11-8-12-18-33)34-19-14-24-44(29-34)38-37(39(46)40(38)47)43-35(26-31-15-9-7-10-16-31)36(45)28-42-27-32-22-20-30(4-2)21-23-32/h2,8,11-12,17-18,20-23,31,34-36,41-43,45H,3,5-7,9-10,13-16,19,24-29H2,1H3/t34-,35+,36-,41+/m1/s1. The van der Waals surface area contributed by atoms with Crippen molar-refractivity contribution >= 4 is 11.4 Å². The molecule has 1 aliphatic carbocycles. The molecule has 2 fully saturated rings. The molecule has 3 aromatic rings. The Hall–Kier alpha value is -3.44. The fourth-order valence-corrected chi connectivity index (χ4v) is 7.67. The Morgan fingerprint density at radius 1 is 0.958 bits per heavy atom. The van der Waals surface area contributed by atoms with Crippen LogP contribution >= 0.6 is 0 Å². The lowest BCUT2D eigenvalue weighted by molar-refractivity contribution is 0.00400. The third-order valence-electron chi connectivity index (χ3n) is 10.4. The van der Waals surface area contributed by atoms with Crippen molar-refractivity contribution in [3.05, 3.63) is 91.7 Å². The third kappa shape index (κ3) is 9.59. The SMILES string of the molecule is C#Cc1ccc(CNC[C@@H](O)[C@H](CC2CCCCC2)Nc2c(N3CCC[C@@H]([C@@H](OCCCCCC)c4ccccc4)C3)c(=O)c2=O)cc1. The number of piperidine rings is 1. The molecule has 7 heteroatoms. The Morgan fingerprint density at radius 2 is 1.73 bits per heavy atom. The number of unbranched alkanes of at least 4 members (excludes halogenated alkanes) is 3. The Morgan fingerprint density at radius 3 is 2.46 bits per heavy atom. The zero-order chi connectivity index (χ0) is 33.7. The molecule has 0 unspecified atom stereocenters. The van der Waals surface area contributed by atoms with Gasteiger partial charge in [-0.05, 0) is 54.9 Å². The second kappa shape index (κ2) is 18.4. The average Bonchev–Trinajstić information content (AvgIpc) is 3.13. The number of aliphatic hydroxyl groups excluding tert-OH is 1. The van der Waals surface area contributed by atoms with Crippen molar-refractivity contribution in [1.29, 1.82) is 0 Å². The highest BCUT2D eigenvalue weighted by Gasteiger charge is 2.35. The van der Waals surface area contributed by atoms with Gasteiger partial charge in [-0.2, -0.15) is 0 Å². The normalized spacial score (nSPS) is 19.1. The Labute approximate surface area is 287 Å². The zero-order valence-corrected chi connectivity index (χ0v) is 28.8. The van der Waals surface area contributed by atoms with Gasteiger partial charge in [0.25, 0.3) is 10.9 Å². The quantitative estimate of drug-likeness (QED) is 0.0798. The van der Waals surface area contributed by atoms with Crippen LogP contribution in [0.2, 0.25) is 0 Å². The van der Waals surface area contributed by atoms with Crippen molar-refractivity contribution in [1.82, 2.24) is 5.32 Å². The molecule has 5 rings (SSSR count). The molecule has 258 valence electrons. The summed E-state index contributed by atoms with van der Waals surface area (Å²) in [5.41, 5.74) is 3.06. The summed E-state index contributed by atoms with van der Waals surface area (Å²) in [5.74, 6) is 3.33. The summed E-state index contributed by atoms with van der Waals surface area (Å²) in [6, 6.07) is 17.9. The molecule has 0 aromatic heterocycles. The number of benzene rings is 2. The van der Waals surface area contributed by atoms with Crippen LogP contribution in [0.3, 0.4) is 0 Å². The van der Waals surface area contributed by atoms with Gasteiger partial charge in [-0.1, -0.05) is 107 Å². The molecule has 2 aliphatic rings. The molecule has 3 aromatic carbocycles. The van der Waals surface area contributed by atoms with E-state index in [2.05, 4.69) is 52.6 Å². The summed E-state index contributed by atoms with van der Waals surface area (Å²) in [5, 5.41) is 18.3. The maximum Gasteiger partial charge on any atom is 0.253 e. The van der Waals surface area contributed by atoms with E-state index in [4.69, 9.17) is 11.2 Å². The van der Waals surface area contributed by atoms with E-state index in [1.54, 1.807) is 0 Å². The molecule has 48 heavy (non-hydrogen) atoms. The van der Waals surface area contributed by atoms with E-state index in [1.807, 2.05) is 30.3 Å². The van der Waals surface area contributed by atoms with Crippen LogP contribution in [0.1, 0.15) is 107 Å². The van der Waals surface area contributed by atoms with Crippen molar-refractivity contribution in [2.75, 3.05) is 36.5 Å². The summed E-state index contributed by atoms with van der Waals surface area (Å²) >= 11 is 0. The van der Waals surface area contributed by atoms with Crippen molar-refractivity contribution in [3.63, 3.8) is 0 Å². The molecule has 1 saturated heterocycles. The van der Waals surface area contributed by atoms with E-state index in [9.17, 15) is 14.7 Å². The fourth-order valence-electron chi connectivity index (χ4n) is 7.67. The first-order chi connectivity index (χ1) is 23.5. The lowest BCUT2D eigenvalue weighted by atomic mass is 9.83. The first-order valence-corrected chi connectivity index (χ1v) is 18.4. The Bertz CT molecular complexity index is 1500. The van der Waals surface area contributed by atoms with Gasteiger partial charge in [-0.3, -0.25) is 9.59 Å². The molecule has 0 radical (unpaired) electrons. The average molecular weight is 654 g/mol. The second-order valence-corrected chi connectivity index (χ2v) is 14.0. The number of terminal acetylenes is 1. The molecule has 7 nitrogen and oxygen atoms in total. The van der Waals surface area contributed by atoms with E-state index >= 15 is 0 Å². The summed E-state index contributed by atoms with van der Waals surface area (Å²) < 4.78 is 6.57. The smallest absolute Gasteiger partial charge is 0.253 e. The second-order valence-electron chi connectivity index (χ2n) is 14.0. The van der Waals surface area contributed by atoms with E-state index in [0.717, 1.165) is 62.6 Å². The first-order valence-electron chi connectivity index (χ1n) is 18.4. The number of hydrogen-bond donors (Lipinski definition) is 3. The van der Waals surface area contributed by atoms with Gasteiger partial charge in [0.15, 0.2) is 0 Å². The number of nitrogens with zero attached hydrogens (tertiary/aromatic N) is 1. The van der Waals surface area contributed by atoms with Gasteiger partial charge < -0.3 is 25.4 Å². The fraction of sp³-hybridized carbons (Fsp3) is 0.561. The minimum Gasteiger partial charge on any atom is -0.390 e. The highest BCUT2D eigenvalue weighted by molar-refractivity contribution is 5.75. The van der Waals surface area contributed by atoms with E-state index in [0.29, 0.717) is 43.5 Å². The molecular weight excluding hydrogens is 598 g/mol. The maximum atomic E-state index is 13.2. The van der Waals surface area contributed by atoms with Gasteiger partial charge >= 0.3 is 0 Å². The van der Waals surface area contributed by atoms with Crippen LogP contribution in [0.4, 0.5) is 11.4 Å². The number of ether oxygens (including phenoxy) is 1. The van der Waals surface area contributed by atoms with Crippen LogP contribution < -0.4 is 26.4 Å². The Balaban J connectivity index is 1.28. The van der Waals surface area contributed by atoms with Crippen molar-refractivity contribution in [2.45, 2.75) is 109 Å². The lowest BCUT2D eigenvalue weighted by Crippen LogP contribution is -2.50. The van der Waals surface area contributed by atoms with E-state index in [-0.39, 0.29) is 18.1 Å². The topological polar surface area (TPSA) is 90.9 Å². The minimum atomic E-state index is -0.730. The van der Waals surface area contributed by atoms with Crippen LogP contribution in [0, 0.1) is 24.2 Å². The van der Waals surface area contributed by atoms with Crippen LogP contribution in [-0.4, -0.2) is 43.5 Å². The minimum absolute atomic E-state index is 0.0618. The third-order valence-corrected chi connectivity index (χ3v) is 10.4. The number of anilines is 2.